The van der Waals surface area contributed by atoms with Crippen LogP contribution >= 0.6 is 11.6 Å². The van der Waals surface area contributed by atoms with Gasteiger partial charge in [0.15, 0.2) is 0 Å². The summed E-state index contributed by atoms with van der Waals surface area (Å²) in [5.41, 5.74) is 8.64. The Morgan fingerprint density at radius 1 is 1.17 bits per heavy atom. The maximum atomic E-state index is 12.5. The summed E-state index contributed by atoms with van der Waals surface area (Å²) >= 11 is 6.38. The number of carbonyl (C=O) groups excluding carboxylic acids is 2. The van der Waals surface area contributed by atoms with Crippen LogP contribution in [0.3, 0.4) is 0 Å². The average Bonchev–Trinajstić information content (AvgIpc) is 2.71. The molecule has 0 aromatic heterocycles. The van der Waals surface area contributed by atoms with Gasteiger partial charge in [-0.3, -0.25) is 10.1 Å². The van der Waals surface area contributed by atoms with Gasteiger partial charge in [0.2, 0.25) is 5.91 Å². The number of halogens is 1. The minimum absolute atomic E-state index is 0.0336. The summed E-state index contributed by atoms with van der Waals surface area (Å²) in [5, 5.41) is 3.22. The van der Waals surface area contributed by atoms with Crippen LogP contribution in [0.2, 0.25) is 5.02 Å². The van der Waals surface area contributed by atoms with Crippen molar-refractivity contribution < 1.29 is 19.1 Å². The maximum absolute atomic E-state index is 12.5. The van der Waals surface area contributed by atoms with E-state index in [1.807, 2.05) is 38.1 Å². The Morgan fingerprint density at radius 3 is 2.50 bits per heavy atom. The van der Waals surface area contributed by atoms with E-state index in [0.29, 0.717) is 42.3 Å². The van der Waals surface area contributed by atoms with E-state index in [1.165, 1.54) is 0 Å². The first-order valence-electron chi connectivity index (χ1n) is 9.95. The molecule has 2 amide bonds. The third-order valence-electron chi connectivity index (χ3n) is 5.85. The van der Waals surface area contributed by atoms with E-state index in [9.17, 15) is 9.59 Å². The van der Waals surface area contributed by atoms with Gasteiger partial charge in [-0.15, -0.1) is 0 Å². The Balaban J connectivity index is 1.80. The third kappa shape index (κ3) is 4.94. The van der Waals surface area contributed by atoms with Gasteiger partial charge in [-0.25, -0.2) is 4.79 Å². The second kappa shape index (κ2) is 9.49. The number of anilines is 1. The van der Waals surface area contributed by atoms with Crippen LogP contribution in [-0.4, -0.2) is 31.8 Å². The number of carbonyl (C=O) groups is 2. The lowest BCUT2D eigenvalue weighted by Crippen LogP contribution is -2.45. The van der Waals surface area contributed by atoms with Crippen molar-refractivity contribution >= 4 is 29.3 Å². The zero-order valence-corrected chi connectivity index (χ0v) is 18.0. The van der Waals surface area contributed by atoms with Crippen molar-refractivity contribution in [1.82, 2.24) is 0 Å². The number of amides is 2. The molecule has 0 bridgehead atoms. The highest BCUT2D eigenvalue weighted by Crippen LogP contribution is 2.46. The quantitative estimate of drug-likeness (QED) is 0.702. The van der Waals surface area contributed by atoms with E-state index in [-0.39, 0.29) is 6.61 Å². The van der Waals surface area contributed by atoms with Crippen molar-refractivity contribution in [2.45, 2.75) is 32.6 Å². The van der Waals surface area contributed by atoms with Gasteiger partial charge in [0.25, 0.3) is 0 Å². The summed E-state index contributed by atoms with van der Waals surface area (Å²) in [6.45, 7) is 4.92. The number of nitrogens with two attached hydrogens (primary N) is 1. The first-order chi connectivity index (χ1) is 14.3. The van der Waals surface area contributed by atoms with Crippen LogP contribution in [-0.2, 0) is 14.3 Å². The molecule has 1 atom stereocenters. The predicted octanol–water partition coefficient (Wildman–Crippen LogP) is 4.57. The molecule has 2 aromatic carbocycles. The predicted molar refractivity (Wildman–Crippen MR) is 117 cm³/mol. The summed E-state index contributed by atoms with van der Waals surface area (Å²) in [5.74, 6) is -1.19. The molecule has 1 heterocycles. The number of primary amides is 1. The van der Waals surface area contributed by atoms with Crippen LogP contribution in [0.15, 0.2) is 42.5 Å². The van der Waals surface area contributed by atoms with Crippen LogP contribution in [0.1, 0.15) is 35.4 Å². The van der Waals surface area contributed by atoms with Gasteiger partial charge >= 0.3 is 6.09 Å². The van der Waals surface area contributed by atoms with Crippen molar-refractivity contribution in [3.8, 4) is 0 Å². The van der Waals surface area contributed by atoms with E-state index in [0.717, 1.165) is 11.1 Å². The molecule has 3 N–H and O–H groups in total. The van der Waals surface area contributed by atoms with Gasteiger partial charge < -0.3 is 15.2 Å². The summed E-state index contributed by atoms with van der Waals surface area (Å²) in [4.78, 5) is 25.0. The Kier molecular flexibility index (Phi) is 7.00. The largest absolute Gasteiger partial charge is 0.449 e. The second-order valence-electron chi connectivity index (χ2n) is 7.83. The number of rotatable bonds is 6. The van der Waals surface area contributed by atoms with E-state index < -0.39 is 23.3 Å². The normalized spacial score (nSPS) is 16.5. The number of hydrogen-bond acceptors (Lipinski definition) is 4. The van der Waals surface area contributed by atoms with Gasteiger partial charge in [0, 0.05) is 29.3 Å². The number of nitrogens with one attached hydrogen (secondary N) is 1. The fraction of sp³-hybridized carbons (Fsp3) is 0.391. The molecule has 1 aliphatic rings. The molecule has 160 valence electrons. The van der Waals surface area contributed by atoms with Crippen molar-refractivity contribution in [1.29, 1.82) is 0 Å². The molecule has 3 rings (SSSR count). The van der Waals surface area contributed by atoms with Crippen molar-refractivity contribution in [3.63, 3.8) is 0 Å². The smallest absolute Gasteiger partial charge is 0.411 e. The topological polar surface area (TPSA) is 90.6 Å². The molecule has 1 fully saturated rings. The molecule has 0 spiro atoms. The van der Waals surface area contributed by atoms with E-state index >= 15 is 0 Å². The van der Waals surface area contributed by atoms with Crippen molar-refractivity contribution in [2.24, 2.45) is 11.1 Å². The molecule has 6 nitrogen and oxygen atoms in total. The first-order valence-corrected chi connectivity index (χ1v) is 10.3. The SMILES string of the molecule is Cc1ccc(NC(=O)OCC2(C(C(N)=O)c3ccccc3Cl)CCOCC2)cc1C. The fourth-order valence-corrected chi connectivity index (χ4v) is 4.22. The van der Waals surface area contributed by atoms with Crippen LogP contribution in [0, 0.1) is 19.3 Å². The van der Waals surface area contributed by atoms with Crippen molar-refractivity contribution in [3.05, 3.63) is 64.2 Å². The molecule has 1 aliphatic heterocycles. The fourth-order valence-electron chi connectivity index (χ4n) is 3.97. The van der Waals surface area contributed by atoms with Crippen LogP contribution < -0.4 is 11.1 Å². The highest BCUT2D eigenvalue weighted by molar-refractivity contribution is 6.31. The molecular formula is C23H27ClN2O4. The standard InChI is InChI=1S/C23H27ClN2O4/c1-15-7-8-17(13-16(15)2)26-22(28)30-14-23(9-11-29-12-10-23)20(21(25)27)18-5-3-4-6-19(18)24/h3-8,13,20H,9-12,14H2,1-2H3,(H2,25,27)(H,26,28). The molecule has 2 aromatic rings. The van der Waals surface area contributed by atoms with E-state index in [2.05, 4.69) is 5.32 Å². The maximum Gasteiger partial charge on any atom is 0.411 e. The Bertz CT molecular complexity index is 925. The van der Waals surface area contributed by atoms with Crippen molar-refractivity contribution in [2.75, 3.05) is 25.1 Å². The Hall–Kier alpha value is -2.57. The van der Waals surface area contributed by atoms with E-state index in [1.54, 1.807) is 18.2 Å². The Labute approximate surface area is 181 Å². The molecule has 0 saturated carbocycles. The number of ether oxygens (including phenoxy) is 2. The van der Waals surface area contributed by atoms with Gasteiger partial charge in [0.05, 0.1) is 5.92 Å². The van der Waals surface area contributed by atoms with Gasteiger partial charge in [-0.05, 0) is 61.6 Å². The summed E-state index contributed by atoms with van der Waals surface area (Å²) < 4.78 is 11.1. The highest BCUT2D eigenvalue weighted by Gasteiger charge is 2.46. The Morgan fingerprint density at radius 2 is 1.87 bits per heavy atom. The minimum Gasteiger partial charge on any atom is -0.449 e. The molecule has 7 heteroatoms. The lowest BCUT2D eigenvalue weighted by molar-refractivity contribution is -0.126. The molecule has 1 unspecified atom stereocenters. The van der Waals surface area contributed by atoms with Gasteiger partial charge in [-0.1, -0.05) is 35.9 Å². The monoisotopic (exact) mass is 430 g/mol. The van der Waals surface area contributed by atoms with Gasteiger partial charge in [0.1, 0.15) is 6.61 Å². The van der Waals surface area contributed by atoms with Crippen LogP contribution in [0.25, 0.3) is 0 Å². The molecule has 0 radical (unpaired) electrons. The number of benzene rings is 2. The number of hydrogen-bond donors (Lipinski definition) is 2. The third-order valence-corrected chi connectivity index (χ3v) is 6.19. The van der Waals surface area contributed by atoms with Crippen LogP contribution in [0.4, 0.5) is 10.5 Å². The zero-order chi connectivity index (χ0) is 21.7. The number of aryl methyl sites for hydroxylation is 2. The highest BCUT2D eigenvalue weighted by atomic mass is 35.5. The van der Waals surface area contributed by atoms with Gasteiger partial charge in [-0.2, -0.15) is 0 Å². The molecule has 0 aliphatic carbocycles. The average molecular weight is 431 g/mol. The van der Waals surface area contributed by atoms with E-state index in [4.69, 9.17) is 26.8 Å². The summed E-state index contributed by atoms with van der Waals surface area (Å²) in [6.07, 6.45) is 0.484. The molecule has 1 saturated heterocycles. The first kappa shape index (κ1) is 22.1. The lowest BCUT2D eigenvalue weighted by Gasteiger charge is -2.41. The zero-order valence-electron chi connectivity index (χ0n) is 17.2. The van der Waals surface area contributed by atoms with Crippen LogP contribution in [0.5, 0.6) is 0 Å². The second-order valence-corrected chi connectivity index (χ2v) is 8.24. The summed E-state index contributed by atoms with van der Waals surface area (Å²) in [7, 11) is 0. The molecular weight excluding hydrogens is 404 g/mol. The lowest BCUT2D eigenvalue weighted by atomic mass is 9.67. The minimum atomic E-state index is -0.690. The summed E-state index contributed by atoms with van der Waals surface area (Å²) in [6, 6.07) is 12.8. The molecule has 30 heavy (non-hydrogen) atoms.